The molecule has 0 aromatic carbocycles. The van der Waals surface area contributed by atoms with Crippen LogP contribution in [0.3, 0.4) is 0 Å². The van der Waals surface area contributed by atoms with Crippen LogP contribution in [0.2, 0.25) is 0 Å². The third kappa shape index (κ3) is 10.9. The molecule has 0 spiro atoms. The molecule has 8 N–H and O–H groups in total. The van der Waals surface area contributed by atoms with Crippen LogP contribution in [0.4, 0.5) is 0 Å². The topological polar surface area (TPSA) is 217 Å². The van der Waals surface area contributed by atoms with Crippen molar-refractivity contribution in [2.45, 2.75) is 51.8 Å². The van der Waals surface area contributed by atoms with E-state index < -0.39 is 79.1 Å². The maximum Gasteiger partial charge on any atom is 0.303 e. The fourth-order valence-corrected chi connectivity index (χ4v) is 1.98. The molecule has 4 atom stereocenters. The van der Waals surface area contributed by atoms with Gasteiger partial charge >= 0.3 is 5.97 Å². The number of carboxylic acids is 1. The number of aliphatic carboxylic acids is 1. The summed E-state index contributed by atoms with van der Waals surface area (Å²) in [7, 11) is 0. The molecule has 0 fully saturated rings. The van der Waals surface area contributed by atoms with Gasteiger partial charge in [-0.15, -0.1) is 0 Å². The van der Waals surface area contributed by atoms with Gasteiger partial charge in [0.2, 0.25) is 29.5 Å². The maximum atomic E-state index is 12.2. The number of carbonyl (C=O) groups excluding carboxylic acids is 5. The molecule has 0 aromatic rings. The van der Waals surface area contributed by atoms with Crippen LogP contribution in [-0.4, -0.2) is 77.0 Å². The predicted octanol–water partition coefficient (Wildman–Crippen LogP) is -3.42. The number of nitrogens with two attached hydrogens (primary N) is 1. The summed E-state index contributed by atoms with van der Waals surface area (Å²) in [6.07, 6.45) is -1.62. The number of hydrogen-bond donors (Lipinski definition) is 7. The molecular weight excluding hydrogens is 402 g/mol. The second-order valence-electron chi connectivity index (χ2n) is 6.71. The molecule has 5 amide bonds. The molecule has 0 unspecified atom stereocenters. The minimum atomic E-state index is -1.28. The highest BCUT2D eigenvalue weighted by Gasteiger charge is 2.24. The molecule has 0 bridgehead atoms. The van der Waals surface area contributed by atoms with Gasteiger partial charge in [0.05, 0.1) is 25.1 Å². The van der Waals surface area contributed by atoms with Gasteiger partial charge in [0.15, 0.2) is 0 Å². The van der Waals surface area contributed by atoms with Gasteiger partial charge in [0.25, 0.3) is 0 Å². The van der Waals surface area contributed by atoms with E-state index in [2.05, 4.69) is 21.3 Å². The van der Waals surface area contributed by atoms with Gasteiger partial charge in [-0.05, 0) is 20.3 Å². The van der Waals surface area contributed by atoms with E-state index in [0.29, 0.717) is 0 Å². The molecule has 0 heterocycles. The average Bonchev–Trinajstić information content (AvgIpc) is 2.66. The summed E-state index contributed by atoms with van der Waals surface area (Å²) in [4.78, 5) is 69.4. The zero-order chi connectivity index (χ0) is 23.4. The van der Waals surface area contributed by atoms with Crippen LogP contribution in [0.1, 0.15) is 33.6 Å². The molecule has 0 aliphatic rings. The Kier molecular flexibility index (Phi) is 11.7. The van der Waals surface area contributed by atoms with Crippen molar-refractivity contribution in [3.63, 3.8) is 0 Å². The third-order valence-electron chi connectivity index (χ3n) is 4.09. The van der Waals surface area contributed by atoms with Crippen LogP contribution in [0.5, 0.6) is 0 Å². The van der Waals surface area contributed by atoms with Crippen molar-refractivity contribution in [3.05, 3.63) is 0 Å². The summed E-state index contributed by atoms with van der Waals surface area (Å²) in [5.41, 5.74) is 5.01. The number of nitrogens with one attached hydrogen (secondary N) is 4. The Morgan fingerprint density at radius 1 is 0.867 bits per heavy atom. The van der Waals surface area contributed by atoms with Crippen molar-refractivity contribution < 1.29 is 39.0 Å². The quantitative estimate of drug-likeness (QED) is 0.155. The molecule has 30 heavy (non-hydrogen) atoms. The maximum absolute atomic E-state index is 12.2. The van der Waals surface area contributed by atoms with Crippen molar-refractivity contribution in [2.24, 2.45) is 11.7 Å². The monoisotopic (exact) mass is 431 g/mol. The smallest absolute Gasteiger partial charge is 0.303 e. The van der Waals surface area contributed by atoms with Crippen LogP contribution >= 0.6 is 0 Å². The van der Waals surface area contributed by atoms with Crippen molar-refractivity contribution in [3.8, 4) is 0 Å². The number of rotatable bonds is 13. The number of carboxylic acid groups (broad SMARTS) is 1. The highest BCUT2D eigenvalue weighted by atomic mass is 16.4. The molecule has 0 rings (SSSR count). The molecule has 0 aliphatic heterocycles. The van der Waals surface area contributed by atoms with E-state index >= 15 is 0 Å². The molecule has 0 radical (unpaired) electrons. The molecule has 170 valence electrons. The fourth-order valence-electron chi connectivity index (χ4n) is 1.98. The number of primary amides is 1. The second kappa shape index (κ2) is 13.1. The van der Waals surface area contributed by atoms with Gasteiger partial charge in [0, 0.05) is 6.42 Å². The zero-order valence-corrected chi connectivity index (χ0v) is 17.1. The van der Waals surface area contributed by atoms with E-state index in [1.807, 2.05) is 0 Å². The minimum Gasteiger partial charge on any atom is -0.481 e. The van der Waals surface area contributed by atoms with Crippen molar-refractivity contribution in [1.29, 1.82) is 0 Å². The van der Waals surface area contributed by atoms with E-state index in [9.17, 15) is 33.9 Å². The SMILES string of the molecule is C[C@H](NC(=O)CNC(=O)[C@H](CCC(=O)O)NC(=O)CNC(=O)[C@@H](C)[C@@H](C)O)C(N)=O. The summed E-state index contributed by atoms with van der Waals surface area (Å²) in [5.74, 6) is -5.61. The van der Waals surface area contributed by atoms with Crippen LogP contribution in [0, 0.1) is 5.92 Å². The highest BCUT2D eigenvalue weighted by molar-refractivity contribution is 5.93. The zero-order valence-electron chi connectivity index (χ0n) is 17.1. The van der Waals surface area contributed by atoms with Gasteiger partial charge in [-0.1, -0.05) is 6.92 Å². The third-order valence-corrected chi connectivity index (χ3v) is 4.09. The molecule has 0 aliphatic carbocycles. The van der Waals surface area contributed by atoms with Gasteiger partial charge in [-0.2, -0.15) is 0 Å². The lowest BCUT2D eigenvalue weighted by molar-refractivity contribution is -0.138. The van der Waals surface area contributed by atoms with Crippen LogP contribution in [-0.2, 0) is 28.8 Å². The second-order valence-corrected chi connectivity index (χ2v) is 6.71. The Balaban J connectivity index is 4.77. The van der Waals surface area contributed by atoms with Crippen LogP contribution in [0.25, 0.3) is 0 Å². The highest BCUT2D eigenvalue weighted by Crippen LogP contribution is 2.01. The number of aliphatic hydroxyl groups is 1. The van der Waals surface area contributed by atoms with Gasteiger partial charge in [-0.3, -0.25) is 28.8 Å². The fraction of sp³-hybridized carbons (Fsp3) is 0.647. The lowest BCUT2D eigenvalue weighted by atomic mass is 10.1. The van der Waals surface area contributed by atoms with Crippen molar-refractivity contribution >= 4 is 35.5 Å². The van der Waals surface area contributed by atoms with Crippen LogP contribution < -0.4 is 27.0 Å². The summed E-state index contributed by atoms with van der Waals surface area (Å²) in [6.45, 7) is 3.20. The van der Waals surface area contributed by atoms with Crippen molar-refractivity contribution in [1.82, 2.24) is 21.3 Å². The van der Waals surface area contributed by atoms with E-state index in [-0.39, 0.29) is 6.42 Å². The molecule has 0 aromatic heterocycles. The molecule has 0 saturated heterocycles. The first-order valence-electron chi connectivity index (χ1n) is 9.18. The minimum absolute atomic E-state index is 0.260. The number of hydrogen-bond acceptors (Lipinski definition) is 7. The normalized spacial score (nSPS) is 14.4. The Labute approximate surface area is 173 Å². The molecule has 13 nitrogen and oxygen atoms in total. The standard InChI is InChI=1S/C17H29N5O8/c1-8(10(3)23)16(29)19-7-13(25)22-11(4-5-14(26)27)17(30)20-6-12(24)21-9(2)15(18)28/h8-11,23H,4-7H2,1-3H3,(H2,18,28)(H,19,29)(H,20,30)(H,21,24)(H,22,25)(H,26,27)/t8-,9-,10+,11-/m0/s1. The predicted molar refractivity (Wildman–Crippen MR) is 102 cm³/mol. The lowest BCUT2D eigenvalue weighted by Gasteiger charge is -2.19. The number of carbonyl (C=O) groups is 6. The first-order chi connectivity index (χ1) is 13.8. The largest absolute Gasteiger partial charge is 0.481 e. The van der Waals surface area contributed by atoms with E-state index in [1.165, 1.54) is 20.8 Å². The van der Waals surface area contributed by atoms with Gasteiger partial charge in [0.1, 0.15) is 12.1 Å². The summed E-state index contributed by atoms with van der Waals surface area (Å²) in [5, 5.41) is 27.2. The first-order valence-corrected chi connectivity index (χ1v) is 9.18. The number of aliphatic hydroxyl groups excluding tert-OH is 1. The summed E-state index contributed by atoms with van der Waals surface area (Å²) >= 11 is 0. The lowest BCUT2D eigenvalue weighted by Crippen LogP contribution is -2.52. The van der Waals surface area contributed by atoms with Crippen LogP contribution in [0.15, 0.2) is 0 Å². The molecule has 0 saturated carbocycles. The first kappa shape index (κ1) is 26.8. The van der Waals surface area contributed by atoms with E-state index in [0.717, 1.165) is 0 Å². The average molecular weight is 431 g/mol. The Hall–Kier alpha value is -3.22. The van der Waals surface area contributed by atoms with Gasteiger partial charge < -0.3 is 37.2 Å². The Morgan fingerprint density at radius 2 is 1.37 bits per heavy atom. The van der Waals surface area contributed by atoms with E-state index in [1.54, 1.807) is 0 Å². The van der Waals surface area contributed by atoms with Crippen molar-refractivity contribution in [2.75, 3.05) is 13.1 Å². The molecule has 13 heteroatoms. The summed E-state index contributed by atoms with van der Waals surface area (Å²) in [6, 6.07) is -2.23. The Morgan fingerprint density at radius 3 is 1.83 bits per heavy atom. The van der Waals surface area contributed by atoms with Gasteiger partial charge in [-0.25, -0.2) is 0 Å². The number of amides is 5. The van der Waals surface area contributed by atoms with E-state index in [4.69, 9.17) is 10.8 Å². The summed E-state index contributed by atoms with van der Waals surface area (Å²) < 4.78 is 0. The Bertz CT molecular complexity index is 667. The molecular formula is C17H29N5O8.